The average Bonchev–Trinajstić information content (AvgIpc) is 3.28. The number of aryl methyl sites for hydroxylation is 1. The van der Waals surface area contributed by atoms with Crippen molar-refractivity contribution in [3.05, 3.63) is 77.9 Å². The van der Waals surface area contributed by atoms with E-state index in [9.17, 15) is 9.59 Å². The van der Waals surface area contributed by atoms with E-state index in [0.29, 0.717) is 12.1 Å². The molecule has 7 nitrogen and oxygen atoms in total. The first-order chi connectivity index (χ1) is 14.0. The zero-order valence-electron chi connectivity index (χ0n) is 16.9. The van der Waals surface area contributed by atoms with Crippen LogP contribution >= 0.6 is 0 Å². The van der Waals surface area contributed by atoms with Gasteiger partial charge >= 0.3 is 0 Å². The predicted molar refractivity (Wildman–Crippen MR) is 111 cm³/mol. The van der Waals surface area contributed by atoms with Gasteiger partial charge in [0.2, 0.25) is 5.91 Å². The molecule has 0 aliphatic rings. The Morgan fingerprint density at radius 1 is 1.14 bits per heavy atom. The summed E-state index contributed by atoms with van der Waals surface area (Å²) >= 11 is 0. The smallest absolute Gasteiger partial charge is 0.251 e. The largest absolute Gasteiger partial charge is 0.352 e. The molecule has 3 aromatic rings. The highest BCUT2D eigenvalue weighted by Gasteiger charge is 2.18. The first-order valence-corrected chi connectivity index (χ1v) is 9.52. The molecule has 3 rings (SSSR count). The van der Waals surface area contributed by atoms with Gasteiger partial charge in [0.05, 0.1) is 11.7 Å². The Kier molecular flexibility index (Phi) is 6.39. The van der Waals surface area contributed by atoms with Crippen LogP contribution in [0.4, 0.5) is 0 Å². The summed E-state index contributed by atoms with van der Waals surface area (Å²) in [6.45, 7) is 4.17. The van der Waals surface area contributed by atoms with Crippen LogP contribution in [0.3, 0.4) is 0 Å². The summed E-state index contributed by atoms with van der Waals surface area (Å²) in [4.78, 5) is 30.4. The fraction of sp³-hybridized carbons (Fsp3) is 0.273. The van der Waals surface area contributed by atoms with E-state index in [1.165, 1.54) is 6.33 Å². The Hall–Kier alpha value is -3.48. The molecule has 29 heavy (non-hydrogen) atoms. The molecular formula is C22H25N5O2. The van der Waals surface area contributed by atoms with E-state index in [1.807, 2.05) is 56.3 Å². The van der Waals surface area contributed by atoms with Crippen molar-refractivity contribution in [3.8, 4) is 5.69 Å². The second-order valence-electron chi connectivity index (χ2n) is 6.93. The van der Waals surface area contributed by atoms with Crippen LogP contribution in [-0.4, -0.2) is 45.1 Å². The van der Waals surface area contributed by atoms with Crippen molar-refractivity contribution in [3.63, 3.8) is 0 Å². The average molecular weight is 391 g/mol. The normalized spacial score (nSPS) is 11.7. The second-order valence-corrected chi connectivity index (χ2v) is 6.93. The molecule has 7 heteroatoms. The maximum atomic E-state index is 12.5. The fourth-order valence-corrected chi connectivity index (χ4v) is 3.07. The van der Waals surface area contributed by atoms with E-state index >= 15 is 0 Å². The van der Waals surface area contributed by atoms with Crippen molar-refractivity contribution >= 4 is 11.8 Å². The van der Waals surface area contributed by atoms with E-state index in [0.717, 1.165) is 16.8 Å². The number of amides is 2. The van der Waals surface area contributed by atoms with Crippen LogP contribution < -0.4 is 5.32 Å². The lowest BCUT2D eigenvalue weighted by atomic mass is 10.1. The molecule has 1 unspecified atom stereocenters. The van der Waals surface area contributed by atoms with E-state index in [1.54, 1.807) is 29.0 Å². The van der Waals surface area contributed by atoms with Gasteiger partial charge in [0, 0.05) is 25.6 Å². The molecule has 1 N–H and O–H groups in total. The molecule has 1 aromatic heterocycles. The summed E-state index contributed by atoms with van der Waals surface area (Å²) in [5.41, 5.74) is 3.48. The van der Waals surface area contributed by atoms with Crippen LogP contribution in [0.2, 0.25) is 0 Å². The van der Waals surface area contributed by atoms with Crippen LogP contribution in [0.15, 0.2) is 61.2 Å². The number of hydrogen-bond donors (Lipinski definition) is 1. The Morgan fingerprint density at radius 3 is 2.52 bits per heavy atom. The summed E-state index contributed by atoms with van der Waals surface area (Å²) in [5, 5.41) is 6.93. The van der Waals surface area contributed by atoms with Crippen molar-refractivity contribution in [1.29, 1.82) is 0 Å². The van der Waals surface area contributed by atoms with Gasteiger partial charge in [-0.1, -0.05) is 30.3 Å². The SMILES string of the molecule is Cc1ccccc1C(=O)NCCC(=O)N(C)C(C)c1ccc(-n2cncn2)cc1. The molecule has 0 aliphatic heterocycles. The van der Waals surface area contributed by atoms with Gasteiger partial charge in [0.15, 0.2) is 0 Å². The standard InChI is InChI=1S/C22H25N5O2/c1-16-6-4-5-7-20(16)22(29)24-13-12-21(28)26(3)17(2)18-8-10-19(11-9-18)27-15-23-14-25-27/h4-11,14-15,17H,12-13H2,1-3H3,(H,24,29). The predicted octanol–water partition coefficient (Wildman–Crippen LogP) is 2.92. The van der Waals surface area contributed by atoms with E-state index in [4.69, 9.17) is 0 Å². The zero-order valence-corrected chi connectivity index (χ0v) is 16.9. The topological polar surface area (TPSA) is 80.1 Å². The summed E-state index contributed by atoms with van der Waals surface area (Å²) in [6, 6.07) is 15.2. The Labute approximate surface area is 170 Å². The van der Waals surface area contributed by atoms with Gasteiger partial charge in [0.25, 0.3) is 5.91 Å². The maximum Gasteiger partial charge on any atom is 0.251 e. The lowest BCUT2D eigenvalue weighted by molar-refractivity contribution is -0.131. The lowest BCUT2D eigenvalue weighted by Gasteiger charge is -2.25. The minimum atomic E-state index is -0.157. The number of nitrogens with zero attached hydrogens (tertiary/aromatic N) is 4. The van der Waals surface area contributed by atoms with Crippen molar-refractivity contribution < 1.29 is 9.59 Å². The molecule has 2 amide bonds. The summed E-state index contributed by atoms with van der Waals surface area (Å²) in [6.07, 6.45) is 3.37. The number of aromatic nitrogens is 3. The molecule has 150 valence electrons. The van der Waals surface area contributed by atoms with Crippen molar-refractivity contribution in [1.82, 2.24) is 25.0 Å². The molecule has 0 aliphatic carbocycles. The third-order valence-electron chi connectivity index (χ3n) is 5.05. The molecule has 0 radical (unpaired) electrons. The highest BCUT2D eigenvalue weighted by Crippen LogP contribution is 2.20. The third-order valence-corrected chi connectivity index (χ3v) is 5.05. The highest BCUT2D eigenvalue weighted by atomic mass is 16.2. The minimum Gasteiger partial charge on any atom is -0.352 e. The molecular weight excluding hydrogens is 366 g/mol. The molecule has 1 heterocycles. The molecule has 1 atom stereocenters. The van der Waals surface area contributed by atoms with Gasteiger partial charge in [-0.2, -0.15) is 5.10 Å². The Morgan fingerprint density at radius 2 is 1.86 bits per heavy atom. The molecule has 0 fully saturated rings. The van der Waals surface area contributed by atoms with Crippen molar-refractivity contribution in [2.24, 2.45) is 0 Å². The molecule has 2 aromatic carbocycles. The van der Waals surface area contributed by atoms with Crippen LogP contribution in [0.1, 0.15) is 40.9 Å². The van der Waals surface area contributed by atoms with Crippen molar-refractivity contribution in [2.75, 3.05) is 13.6 Å². The second kappa shape index (κ2) is 9.14. The molecule has 0 saturated carbocycles. The van der Waals surface area contributed by atoms with Crippen LogP contribution in [0.25, 0.3) is 5.69 Å². The van der Waals surface area contributed by atoms with Crippen LogP contribution in [0, 0.1) is 6.92 Å². The first kappa shape index (κ1) is 20.3. The lowest BCUT2D eigenvalue weighted by Crippen LogP contribution is -2.33. The van der Waals surface area contributed by atoms with Gasteiger partial charge in [-0.25, -0.2) is 9.67 Å². The molecule has 0 bridgehead atoms. The fourth-order valence-electron chi connectivity index (χ4n) is 3.07. The number of carbonyl (C=O) groups is 2. The zero-order chi connectivity index (χ0) is 20.8. The van der Waals surface area contributed by atoms with Gasteiger partial charge < -0.3 is 10.2 Å². The van der Waals surface area contributed by atoms with Crippen LogP contribution in [-0.2, 0) is 4.79 Å². The number of rotatable bonds is 7. The molecule has 0 saturated heterocycles. The number of hydrogen-bond acceptors (Lipinski definition) is 4. The number of benzene rings is 2. The quantitative estimate of drug-likeness (QED) is 0.672. The van der Waals surface area contributed by atoms with Gasteiger partial charge in [-0.05, 0) is 43.2 Å². The van der Waals surface area contributed by atoms with E-state index in [2.05, 4.69) is 15.4 Å². The van der Waals surface area contributed by atoms with Crippen molar-refractivity contribution in [2.45, 2.75) is 26.3 Å². The monoisotopic (exact) mass is 391 g/mol. The number of carbonyl (C=O) groups excluding carboxylic acids is 2. The van der Waals surface area contributed by atoms with Crippen LogP contribution in [0.5, 0.6) is 0 Å². The summed E-state index contributed by atoms with van der Waals surface area (Å²) < 4.78 is 1.68. The molecule has 0 spiro atoms. The highest BCUT2D eigenvalue weighted by molar-refractivity contribution is 5.95. The Bertz CT molecular complexity index is 967. The van der Waals surface area contributed by atoms with Gasteiger partial charge in [-0.15, -0.1) is 0 Å². The number of nitrogens with one attached hydrogen (secondary N) is 1. The summed E-state index contributed by atoms with van der Waals surface area (Å²) in [5.74, 6) is -0.182. The third kappa shape index (κ3) is 4.87. The van der Waals surface area contributed by atoms with E-state index < -0.39 is 0 Å². The first-order valence-electron chi connectivity index (χ1n) is 9.52. The Balaban J connectivity index is 1.53. The van der Waals surface area contributed by atoms with Gasteiger partial charge in [-0.3, -0.25) is 9.59 Å². The van der Waals surface area contributed by atoms with Gasteiger partial charge in [0.1, 0.15) is 12.7 Å². The minimum absolute atomic E-state index is 0.0251. The summed E-state index contributed by atoms with van der Waals surface area (Å²) in [7, 11) is 1.78. The maximum absolute atomic E-state index is 12.5. The van der Waals surface area contributed by atoms with E-state index in [-0.39, 0.29) is 24.3 Å².